The summed E-state index contributed by atoms with van der Waals surface area (Å²) < 4.78 is 3.06. The predicted octanol–water partition coefficient (Wildman–Crippen LogP) is 2.45. The van der Waals surface area contributed by atoms with Crippen molar-refractivity contribution in [1.29, 1.82) is 0 Å². The summed E-state index contributed by atoms with van der Waals surface area (Å²) in [7, 11) is 0. The van der Waals surface area contributed by atoms with Crippen LogP contribution in [0.2, 0.25) is 0 Å². The molecule has 0 N–H and O–H groups in total. The van der Waals surface area contributed by atoms with Crippen LogP contribution in [0.4, 0.5) is 0 Å². The monoisotopic (exact) mass is 271 g/mol. The summed E-state index contributed by atoms with van der Waals surface area (Å²) in [5.41, 5.74) is 2.12. The Morgan fingerprint density at radius 3 is 2.74 bits per heavy atom. The van der Waals surface area contributed by atoms with Gasteiger partial charge in [0.05, 0.1) is 6.54 Å². The van der Waals surface area contributed by atoms with Crippen LogP contribution in [0.15, 0.2) is 52.9 Å². The second-order valence-electron chi connectivity index (χ2n) is 4.39. The molecule has 1 aromatic carbocycles. The van der Waals surface area contributed by atoms with Crippen molar-refractivity contribution in [3.63, 3.8) is 0 Å². The van der Waals surface area contributed by atoms with E-state index < -0.39 is 0 Å². The van der Waals surface area contributed by atoms with Crippen molar-refractivity contribution in [3.8, 4) is 5.00 Å². The number of benzene rings is 1. The zero-order valence-electron chi connectivity index (χ0n) is 10.5. The molecular formula is C14H13N3OS. The number of nitrogens with zero attached hydrogens (tertiary/aromatic N) is 3. The van der Waals surface area contributed by atoms with Crippen molar-refractivity contribution in [2.75, 3.05) is 0 Å². The van der Waals surface area contributed by atoms with E-state index in [4.69, 9.17) is 0 Å². The first-order valence-corrected chi connectivity index (χ1v) is 6.86. The lowest BCUT2D eigenvalue weighted by molar-refractivity contribution is 0.654. The van der Waals surface area contributed by atoms with E-state index in [1.807, 2.05) is 48.7 Å². The van der Waals surface area contributed by atoms with Gasteiger partial charge in [-0.2, -0.15) is 5.10 Å². The fourth-order valence-corrected chi connectivity index (χ4v) is 2.76. The lowest BCUT2D eigenvalue weighted by Crippen LogP contribution is -2.23. The highest BCUT2D eigenvalue weighted by Gasteiger charge is 2.08. The third kappa shape index (κ3) is 2.37. The minimum atomic E-state index is -0.106. The smallest absolute Gasteiger partial charge is 0.246 e. The van der Waals surface area contributed by atoms with Gasteiger partial charge in [0.15, 0.2) is 0 Å². The highest BCUT2D eigenvalue weighted by atomic mass is 32.1. The van der Waals surface area contributed by atoms with Crippen LogP contribution in [0.1, 0.15) is 11.1 Å². The molecule has 0 saturated carbocycles. The van der Waals surface area contributed by atoms with E-state index in [0.29, 0.717) is 6.54 Å². The molecule has 0 atom stereocenters. The molecule has 0 aliphatic rings. The van der Waals surface area contributed by atoms with Crippen molar-refractivity contribution >= 4 is 11.3 Å². The number of aromatic nitrogens is 3. The molecule has 5 heteroatoms. The lowest BCUT2D eigenvalue weighted by Gasteiger charge is -1.99. The molecule has 0 unspecified atom stereocenters. The quantitative estimate of drug-likeness (QED) is 0.734. The Hall–Kier alpha value is -2.14. The Kier molecular flexibility index (Phi) is 3.05. The van der Waals surface area contributed by atoms with E-state index >= 15 is 0 Å². The molecule has 0 fully saturated rings. The second-order valence-corrected chi connectivity index (χ2v) is 5.28. The van der Waals surface area contributed by atoms with Crippen LogP contribution in [-0.2, 0) is 6.54 Å². The molecule has 0 radical (unpaired) electrons. The zero-order chi connectivity index (χ0) is 13.2. The highest BCUT2D eigenvalue weighted by Crippen LogP contribution is 2.16. The number of rotatable bonds is 3. The van der Waals surface area contributed by atoms with Gasteiger partial charge in [-0.1, -0.05) is 30.3 Å². The molecule has 0 spiro atoms. The first-order valence-electron chi connectivity index (χ1n) is 5.98. The SMILES string of the molecule is Cc1csc(-n2cnn(Cc3ccccc3)c2=O)c1. The van der Waals surface area contributed by atoms with Crippen LogP contribution in [0.3, 0.4) is 0 Å². The van der Waals surface area contributed by atoms with Crippen LogP contribution in [0, 0.1) is 6.92 Å². The minimum Gasteiger partial charge on any atom is -0.246 e. The highest BCUT2D eigenvalue weighted by molar-refractivity contribution is 7.12. The Morgan fingerprint density at radius 2 is 2.05 bits per heavy atom. The minimum absolute atomic E-state index is 0.106. The summed E-state index contributed by atoms with van der Waals surface area (Å²) in [6.07, 6.45) is 1.58. The molecule has 0 aliphatic carbocycles. The van der Waals surface area contributed by atoms with Crippen LogP contribution in [-0.4, -0.2) is 14.3 Å². The first kappa shape index (κ1) is 11.9. The molecule has 19 heavy (non-hydrogen) atoms. The predicted molar refractivity (Wildman–Crippen MR) is 76.0 cm³/mol. The van der Waals surface area contributed by atoms with Crippen molar-refractivity contribution in [2.24, 2.45) is 0 Å². The van der Waals surface area contributed by atoms with Gasteiger partial charge in [0.2, 0.25) is 0 Å². The zero-order valence-corrected chi connectivity index (χ0v) is 11.3. The summed E-state index contributed by atoms with van der Waals surface area (Å²) in [5.74, 6) is 0. The third-order valence-corrected chi connectivity index (χ3v) is 3.91. The van der Waals surface area contributed by atoms with E-state index in [2.05, 4.69) is 5.10 Å². The second kappa shape index (κ2) is 4.85. The first-order chi connectivity index (χ1) is 9.24. The average Bonchev–Trinajstić information content (AvgIpc) is 2.99. The third-order valence-electron chi connectivity index (χ3n) is 2.86. The Labute approximate surface area is 114 Å². The molecule has 0 aliphatic heterocycles. The van der Waals surface area contributed by atoms with Gasteiger partial charge in [0.25, 0.3) is 0 Å². The standard InChI is InChI=1S/C14H13N3OS/c1-11-7-13(19-9-11)16-10-15-17(14(16)18)8-12-5-3-2-4-6-12/h2-7,9-10H,8H2,1H3. The lowest BCUT2D eigenvalue weighted by atomic mass is 10.2. The number of hydrogen-bond donors (Lipinski definition) is 0. The molecule has 0 amide bonds. The van der Waals surface area contributed by atoms with Crippen LogP contribution >= 0.6 is 11.3 Å². The molecule has 0 saturated heterocycles. The molecule has 96 valence electrons. The van der Waals surface area contributed by atoms with Gasteiger partial charge in [0, 0.05) is 0 Å². The molecule has 3 rings (SSSR count). The van der Waals surface area contributed by atoms with Gasteiger partial charge in [0.1, 0.15) is 11.3 Å². The summed E-state index contributed by atoms with van der Waals surface area (Å²) in [4.78, 5) is 12.3. The van der Waals surface area contributed by atoms with Gasteiger partial charge >= 0.3 is 5.69 Å². The van der Waals surface area contributed by atoms with Crippen LogP contribution in [0.5, 0.6) is 0 Å². The Morgan fingerprint density at radius 1 is 1.26 bits per heavy atom. The molecule has 3 aromatic rings. The van der Waals surface area contributed by atoms with Crippen molar-refractivity contribution in [3.05, 3.63) is 69.7 Å². The van der Waals surface area contributed by atoms with Gasteiger partial charge in [-0.15, -0.1) is 11.3 Å². The van der Waals surface area contributed by atoms with Gasteiger partial charge in [-0.3, -0.25) is 0 Å². The average molecular weight is 271 g/mol. The normalized spacial score (nSPS) is 10.8. The van der Waals surface area contributed by atoms with Crippen LogP contribution in [0.25, 0.3) is 5.00 Å². The topological polar surface area (TPSA) is 39.8 Å². The maximum Gasteiger partial charge on any atom is 0.351 e. The van der Waals surface area contributed by atoms with Crippen molar-refractivity contribution in [2.45, 2.75) is 13.5 Å². The number of aryl methyl sites for hydroxylation is 1. The van der Waals surface area contributed by atoms with E-state index in [0.717, 1.165) is 16.1 Å². The van der Waals surface area contributed by atoms with Crippen molar-refractivity contribution < 1.29 is 0 Å². The van der Waals surface area contributed by atoms with Gasteiger partial charge in [-0.05, 0) is 29.5 Å². The summed E-state index contributed by atoms with van der Waals surface area (Å²) in [6, 6.07) is 11.8. The van der Waals surface area contributed by atoms with Crippen molar-refractivity contribution in [1.82, 2.24) is 14.3 Å². The molecule has 2 aromatic heterocycles. The maximum atomic E-state index is 12.3. The van der Waals surface area contributed by atoms with E-state index in [1.54, 1.807) is 22.2 Å². The van der Waals surface area contributed by atoms with E-state index in [-0.39, 0.29) is 5.69 Å². The maximum absolute atomic E-state index is 12.3. The van der Waals surface area contributed by atoms with Crippen LogP contribution < -0.4 is 5.69 Å². The summed E-state index contributed by atoms with van der Waals surface area (Å²) >= 11 is 1.55. The van der Waals surface area contributed by atoms with Gasteiger partial charge in [-0.25, -0.2) is 14.0 Å². The number of hydrogen-bond acceptors (Lipinski definition) is 3. The summed E-state index contributed by atoms with van der Waals surface area (Å²) in [5, 5.41) is 7.10. The molecule has 0 bridgehead atoms. The Bertz CT molecular complexity index is 739. The fraction of sp³-hybridized carbons (Fsp3) is 0.143. The largest absolute Gasteiger partial charge is 0.351 e. The van der Waals surface area contributed by atoms with E-state index in [9.17, 15) is 4.79 Å². The van der Waals surface area contributed by atoms with E-state index in [1.165, 1.54) is 4.68 Å². The molecule has 4 nitrogen and oxygen atoms in total. The fourth-order valence-electron chi connectivity index (χ4n) is 1.90. The molecule has 2 heterocycles. The molecular weight excluding hydrogens is 258 g/mol. The summed E-state index contributed by atoms with van der Waals surface area (Å²) in [6.45, 7) is 2.51. The van der Waals surface area contributed by atoms with Gasteiger partial charge < -0.3 is 0 Å². The Balaban J connectivity index is 1.93. The number of thiophene rings is 1.